The molecule has 1 aromatic carbocycles. The largest absolute Gasteiger partial charge is 0.508 e. The lowest BCUT2D eigenvalue weighted by Crippen LogP contribution is -2.04. The molecule has 0 bridgehead atoms. The summed E-state index contributed by atoms with van der Waals surface area (Å²) in [5, 5.41) is 9.49. The summed E-state index contributed by atoms with van der Waals surface area (Å²) in [6, 6.07) is 3.79. The van der Waals surface area contributed by atoms with Gasteiger partial charge in [-0.3, -0.25) is 0 Å². The molecule has 0 aromatic heterocycles. The van der Waals surface area contributed by atoms with Gasteiger partial charge in [0.15, 0.2) is 0 Å². The van der Waals surface area contributed by atoms with Gasteiger partial charge >= 0.3 is 0 Å². The SMILES string of the molecule is [B]c1ccc2c(c1O)CCC2. The van der Waals surface area contributed by atoms with E-state index in [-0.39, 0.29) is 0 Å². The molecular formula is C9H9BO. The minimum Gasteiger partial charge on any atom is -0.508 e. The maximum Gasteiger partial charge on any atom is 0.119 e. The standard InChI is InChI=1S/C9H9BO/c10-8-5-4-6-2-1-3-7(6)9(8)11/h4-5,11H,1-3H2. The molecule has 0 fully saturated rings. The number of rotatable bonds is 0. The van der Waals surface area contributed by atoms with Gasteiger partial charge in [-0.2, -0.15) is 0 Å². The van der Waals surface area contributed by atoms with Crippen molar-refractivity contribution in [3.8, 4) is 5.75 Å². The lowest BCUT2D eigenvalue weighted by molar-refractivity contribution is 0.473. The molecule has 1 N–H and O–H groups in total. The molecule has 0 saturated carbocycles. The summed E-state index contributed by atoms with van der Waals surface area (Å²) in [6.45, 7) is 0. The fourth-order valence-corrected chi connectivity index (χ4v) is 1.67. The van der Waals surface area contributed by atoms with Crippen LogP contribution in [-0.4, -0.2) is 13.0 Å². The van der Waals surface area contributed by atoms with Crippen molar-refractivity contribution in [2.75, 3.05) is 0 Å². The highest BCUT2D eigenvalue weighted by Gasteiger charge is 2.14. The molecular weight excluding hydrogens is 135 g/mol. The van der Waals surface area contributed by atoms with Crippen LogP contribution in [0.15, 0.2) is 12.1 Å². The molecule has 0 amide bonds. The van der Waals surface area contributed by atoms with Gasteiger partial charge in [-0.1, -0.05) is 17.6 Å². The second-order valence-corrected chi connectivity index (χ2v) is 2.99. The van der Waals surface area contributed by atoms with Gasteiger partial charge in [0.25, 0.3) is 0 Å². The van der Waals surface area contributed by atoms with Gasteiger partial charge in [-0.15, -0.1) is 0 Å². The van der Waals surface area contributed by atoms with Crippen molar-refractivity contribution in [1.29, 1.82) is 0 Å². The lowest BCUT2D eigenvalue weighted by atomic mass is 9.91. The van der Waals surface area contributed by atoms with Gasteiger partial charge in [-0.25, -0.2) is 0 Å². The number of benzene rings is 1. The number of phenolic OH excluding ortho intramolecular Hbond substituents is 1. The van der Waals surface area contributed by atoms with Crippen LogP contribution in [0.3, 0.4) is 0 Å². The molecule has 0 aliphatic heterocycles. The first-order valence-electron chi connectivity index (χ1n) is 3.88. The minimum absolute atomic E-state index is 0.306. The highest BCUT2D eigenvalue weighted by molar-refractivity contribution is 6.34. The zero-order valence-electron chi connectivity index (χ0n) is 6.30. The third-order valence-corrected chi connectivity index (χ3v) is 2.28. The van der Waals surface area contributed by atoms with E-state index in [4.69, 9.17) is 7.85 Å². The molecule has 1 aliphatic carbocycles. The van der Waals surface area contributed by atoms with Crippen molar-refractivity contribution >= 4 is 13.3 Å². The number of hydrogen-bond acceptors (Lipinski definition) is 1. The number of hydrogen-bond donors (Lipinski definition) is 1. The van der Waals surface area contributed by atoms with E-state index < -0.39 is 0 Å². The van der Waals surface area contributed by atoms with Crippen LogP contribution in [0.25, 0.3) is 0 Å². The summed E-state index contributed by atoms with van der Waals surface area (Å²) in [5.41, 5.74) is 2.83. The highest BCUT2D eigenvalue weighted by atomic mass is 16.3. The number of fused-ring (bicyclic) bond motifs is 1. The summed E-state index contributed by atoms with van der Waals surface area (Å²) in [7, 11) is 5.54. The lowest BCUT2D eigenvalue weighted by Gasteiger charge is -2.04. The Bertz CT molecular complexity index is 294. The monoisotopic (exact) mass is 144 g/mol. The van der Waals surface area contributed by atoms with Crippen LogP contribution < -0.4 is 5.46 Å². The van der Waals surface area contributed by atoms with E-state index in [1.165, 1.54) is 5.56 Å². The van der Waals surface area contributed by atoms with Crippen molar-refractivity contribution < 1.29 is 5.11 Å². The molecule has 2 heteroatoms. The molecule has 54 valence electrons. The van der Waals surface area contributed by atoms with Crippen LogP contribution in [0.4, 0.5) is 0 Å². The minimum atomic E-state index is 0.306. The van der Waals surface area contributed by atoms with E-state index in [9.17, 15) is 5.11 Å². The first-order valence-corrected chi connectivity index (χ1v) is 3.88. The summed E-state index contributed by atoms with van der Waals surface area (Å²) in [5.74, 6) is 0.306. The molecule has 2 rings (SSSR count). The Hall–Kier alpha value is -0.915. The van der Waals surface area contributed by atoms with Crippen LogP contribution in [0, 0.1) is 0 Å². The predicted octanol–water partition coefficient (Wildman–Crippen LogP) is 0.675. The van der Waals surface area contributed by atoms with Gasteiger partial charge < -0.3 is 5.11 Å². The van der Waals surface area contributed by atoms with Crippen molar-refractivity contribution in [3.63, 3.8) is 0 Å². The molecule has 11 heavy (non-hydrogen) atoms. The van der Waals surface area contributed by atoms with E-state index in [2.05, 4.69) is 0 Å². The number of aryl methyl sites for hydroxylation is 1. The highest BCUT2D eigenvalue weighted by Crippen LogP contribution is 2.27. The third kappa shape index (κ3) is 0.935. The van der Waals surface area contributed by atoms with Crippen molar-refractivity contribution in [2.24, 2.45) is 0 Å². The van der Waals surface area contributed by atoms with Crippen LogP contribution in [0.2, 0.25) is 0 Å². The van der Waals surface area contributed by atoms with Crippen molar-refractivity contribution in [3.05, 3.63) is 23.3 Å². The van der Waals surface area contributed by atoms with Gasteiger partial charge in [-0.05, 0) is 30.4 Å². The quantitative estimate of drug-likeness (QED) is 0.530. The summed E-state index contributed by atoms with van der Waals surface area (Å²) < 4.78 is 0. The molecule has 1 nitrogen and oxygen atoms in total. The molecule has 1 aliphatic rings. The fraction of sp³-hybridized carbons (Fsp3) is 0.333. The van der Waals surface area contributed by atoms with Gasteiger partial charge in [0, 0.05) is 0 Å². The Morgan fingerprint density at radius 2 is 2.09 bits per heavy atom. The predicted molar refractivity (Wildman–Crippen MR) is 45.5 cm³/mol. The summed E-state index contributed by atoms with van der Waals surface area (Å²) in [4.78, 5) is 0. The van der Waals surface area contributed by atoms with E-state index in [1.54, 1.807) is 6.07 Å². The molecule has 0 atom stereocenters. The maximum absolute atomic E-state index is 9.49. The van der Waals surface area contributed by atoms with E-state index in [0.717, 1.165) is 24.8 Å². The fourth-order valence-electron chi connectivity index (χ4n) is 1.67. The van der Waals surface area contributed by atoms with Crippen LogP contribution in [-0.2, 0) is 12.8 Å². The van der Waals surface area contributed by atoms with Gasteiger partial charge in [0.2, 0.25) is 0 Å². The molecule has 0 spiro atoms. The Labute approximate surface area is 67.5 Å². The maximum atomic E-state index is 9.49. The van der Waals surface area contributed by atoms with Crippen LogP contribution in [0.5, 0.6) is 5.75 Å². The average Bonchev–Trinajstić information content (AvgIpc) is 2.45. The number of phenols is 1. The second-order valence-electron chi connectivity index (χ2n) is 2.99. The first-order chi connectivity index (χ1) is 5.29. The first kappa shape index (κ1) is 6.77. The smallest absolute Gasteiger partial charge is 0.119 e. The topological polar surface area (TPSA) is 20.2 Å². The summed E-state index contributed by atoms with van der Waals surface area (Å²) in [6.07, 6.45) is 3.21. The Balaban J connectivity index is 2.62. The zero-order valence-corrected chi connectivity index (χ0v) is 6.30. The van der Waals surface area contributed by atoms with Crippen molar-refractivity contribution in [1.82, 2.24) is 0 Å². The molecule has 1 aromatic rings. The third-order valence-electron chi connectivity index (χ3n) is 2.28. The number of aromatic hydroxyl groups is 1. The van der Waals surface area contributed by atoms with Crippen molar-refractivity contribution in [2.45, 2.75) is 19.3 Å². The van der Waals surface area contributed by atoms with Gasteiger partial charge in [0.05, 0.1) is 0 Å². The van der Waals surface area contributed by atoms with E-state index >= 15 is 0 Å². The Kier molecular flexibility index (Phi) is 1.41. The second kappa shape index (κ2) is 2.30. The van der Waals surface area contributed by atoms with E-state index in [1.807, 2.05) is 6.07 Å². The molecule has 0 unspecified atom stereocenters. The van der Waals surface area contributed by atoms with E-state index in [0.29, 0.717) is 11.2 Å². The Morgan fingerprint density at radius 1 is 1.27 bits per heavy atom. The van der Waals surface area contributed by atoms with Gasteiger partial charge in [0.1, 0.15) is 13.6 Å². The van der Waals surface area contributed by atoms with Crippen LogP contribution in [0.1, 0.15) is 17.5 Å². The molecule has 2 radical (unpaired) electrons. The zero-order chi connectivity index (χ0) is 7.84. The normalized spacial score (nSPS) is 14.9. The summed E-state index contributed by atoms with van der Waals surface area (Å²) >= 11 is 0. The Morgan fingerprint density at radius 3 is 2.91 bits per heavy atom. The molecule has 0 heterocycles. The average molecular weight is 144 g/mol. The molecule has 0 saturated heterocycles. The van der Waals surface area contributed by atoms with Crippen LogP contribution >= 0.6 is 0 Å².